The van der Waals surface area contributed by atoms with Crippen LogP contribution in [0.25, 0.3) is 0 Å². The first-order valence-electron chi connectivity index (χ1n) is 7.66. The predicted molar refractivity (Wildman–Crippen MR) is 88.8 cm³/mol. The van der Waals surface area contributed by atoms with Gasteiger partial charge in [-0.15, -0.1) is 11.3 Å². The fraction of sp³-hybridized carbons (Fsp3) is 0.471. The number of hydrogen-bond acceptors (Lipinski definition) is 4. The Morgan fingerprint density at radius 3 is 2.86 bits per heavy atom. The molecule has 0 bridgehead atoms. The molecule has 4 heteroatoms. The summed E-state index contributed by atoms with van der Waals surface area (Å²) in [6.07, 6.45) is 1.05. The van der Waals surface area contributed by atoms with Gasteiger partial charge in [-0.1, -0.05) is 30.3 Å². The van der Waals surface area contributed by atoms with Crippen molar-refractivity contribution in [3.8, 4) is 0 Å². The van der Waals surface area contributed by atoms with Crippen LogP contribution in [0.5, 0.6) is 0 Å². The van der Waals surface area contributed by atoms with E-state index in [0.717, 1.165) is 31.7 Å². The third kappa shape index (κ3) is 3.70. The summed E-state index contributed by atoms with van der Waals surface area (Å²) in [5.41, 5.74) is 2.55. The molecule has 2 unspecified atom stereocenters. The van der Waals surface area contributed by atoms with Crippen LogP contribution in [-0.2, 0) is 6.42 Å². The first-order valence-corrected chi connectivity index (χ1v) is 8.54. The zero-order chi connectivity index (χ0) is 14.7. The molecular weight excluding hydrogens is 278 g/mol. The average molecular weight is 301 g/mol. The molecule has 1 aromatic carbocycles. The summed E-state index contributed by atoms with van der Waals surface area (Å²) >= 11 is 1.78. The summed E-state index contributed by atoms with van der Waals surface area (Å²) in [7, 11) is 0. The third-order valence-electron chi connectivity index (χ3n) is 4.07. The maximum Gasteiger partial charge on any atom is 0.0940 e. The number of benzene rings is 1. The molecule has 2 aromatic rings. The second kappa shape index (κ2) is 6.69. The highest BCUT2D eigenvalue weighted by atomic mass is 32.1. The van der Waals surface area contributed by atoms with Crippen LogP contribution in [0.3, 0.4) is 0 Å². The predicted octanol–water partition coefficient (Wildman–Crippen LogP) is 3.03. The zero-order valence-electron chi connectivity index (χ0n) is 12.7. The Balaban J connectivity index is 1.69. The normalized spacial score (nSPS) is 23.3. The number of thiazole rings is 1. The number of aryl methyl sites for hydroxylation is 1. The van der Waals surface area contributed by atoms with Crippen molar-refractivity contribution >= 4 is 11.3 Å². The Morgan fingerprint density at radius 2 is 2.14 bits per heavy atom. The molecule has 2 heterocycles. The first-order chi connectivity index (χ1) is 10.2. The number of aromatic nitrogens is 1. The summed E-state index contributed by atoms with van der Waals surface area (Å²) in [6, 6.07) is 11.9. The van der Waals surface area contributed by atoms with Crippen LogP contribution in [0, 0.1) is 6.92 Å². The standard InChI is InChI=1S/C17H23N3S/c1-13-11-20(9-8-17-19-14(2)12-21-17)16(10-18-13)15-6-4-3-5-7-15/h3-7,12-13,16,18H,8-11H2,1-2H3. The number of rotatable bonds is 4. The van der Waals surface area contributed by atoms with E-state index in [-0.39, 0.29) is 0 Å². The summed E-state index contributed by atoms with van der Waals surface area (Å²) in [5.74, 6) is 0. The van der Waals surface area contributed by atoms with Gasteiger partial charge in [0, 0.05) is 49.2 Å². The highest BCUT2D eigenvalue weighted by Crippen LogP contribution is 2.24. The Kier molecular flexibility index (Phi) is 4.68. The molecule has 112 valence electrons. The van der Waals surface area contributed by atoms with Crippen molar-refractivity contribution < 1.29 is 0 Å². The van der Waals surface area contributed by atoms with E-state index in [9.17, 15) is 0 Å². The van der Waals surface area contributed by atoms with Gasteiger partial charge in [-0.2, -0.15) is 0 Å². The number of nitrogens with one attached hydrogen (secondary N) is 1. The molecule has 2 atom stereocenters. The van der Waals surface area contributed by atoms with Crippen molar-refractivity contribution in [2.45, 2.75) is 32.4 Å². The highest BCUT2D eigenvalue weighted by molar-refractivity contribution is 7.09. The molecule has 1 fully saturated rings. The molecule has 1 aliphatic heterocycles. The monoisotopic (exact) mass is 301 g/mol. The lowest BCUT2D eigenvalue weighted by Crippen LogP contribution is -2.51. The fourth-order valence-electron chi connectivity index (χ4n) is 2.99. The second-order valence-corrected chi connectivity index (χ2v) is 6.81. The van der Waals surface area contributed by atoms with Crippen LogP contribution in [0.2, 0.25) is 0 Å². The Labute approximate surface area is 131 Å². The Morgan fingerprint density at radius 1 is 1.33 bits per heavy atom. The SMILES string of the molecule is Cc1csc(CCN2CC(C)NCC2c2ccccc2)n1. The second-order valence-electron chi connectivity index (χ2n) is 5.86. The van der Waals surface area contributed by atoms with Gasteiger partial charge in [-0.3, -0.25) is 4.90 Å². The minimum Gasteiger partial charge on any atom is -0.311 e. The lowest BCUT2D eigenvalue weighted by molar-refractivity contribution is 0.137. The molecule has 0 radical (unpaired) electrons. The van der Waals surface area contributed by atoms with E-state index in [4.69, 9.17) is 0 Å². The number of nitrogens with zero attached hydrogens (tertiary/aromatic N) is 2. The summed E-state index contributed by atoms with van der Waals surface area (Å²) in [5, 5.41) is 7.01. The van der Waals surface area contributed by atoms with Crippen LogP contribution >= 0.6 is 11.3 Å². The van der Waals surface area contributed by atoms with E-state index in [1.807, 2.05) is 0 Å². The number of piperazine rings is 1. The highest BCUT2D eigenvalue weighted by Gasteiger charge is 2.26. The van der Waals surface area contributed by atoms with Gasteiger partial charge in [0.2, 0.25) is 0 Å². The minimum atomic E-state index is 0.475. The van der Waals surface area contributed by atoms with E-state index >= 15 is 0 Å². The molecular formula is C17H23N3S. The van der Waals surface area contributed by atoms with Crippen molar-refractivity contribution in [3.63, 3.8) is 0 Å². The van der Waals surface area contributed by atoms with Crippen molar-refractivity contribution in [3.05, 3.63) is 52.0 Å². The maximum absolute atomic E-state index is 4.59. The van der Waals surface area contributed by atoms with Crippen LogP contribution < -0.4 is 5.32 Å². The molecule has 0 saturated carbocycles. The van der Waals surface area contributed by atoms with Crippen molar-refractivity contribution in [1.29, 1.82) is 0 Å². The van der Waals surface area contributed by atoms with Crippen LogP contribution in [-0.4, -0.2) is 35.6 Å². The number of hydrogen-bond donors (Lipinski definition) is 1. The first kappa shape index (κ1) is 14.7. The van der Waals surface area contributed by atoms with Crippen LogP contribution in [0.4, 0.5) is 0 Å². The molecule has 3 nitrogen and oxygen atoms in total. The molecule has 0 spiro atoms. The molecule has 1 saturated heterocycles. The van der Waals surface area contributed by atoms with Gasteiger partial charge in [0.15, 0.2) is 0 Å². The minimum absolute atomic E-state index is 0.475. The van der Waals surface area contributed by atoms with Gasteiger partial charge >= 0.3 is 0 Å². The lowest BCUT2D eigenvalue weighted by atomic mass is 10.0. The van der Waals surface area contributed by atoms with Crippen LogP contribution in [0.1, 0.15) is 29.2 Å². The lowest BCUT2D eigenvalue weighted by Gasteiger charge is -2.39. The third-order valence-corrected chi connectivity index (χ3v) is 5.10. The molecule has 0 amide bonds. The molecule has 0 aliphatic carbocycles. The van der Waals surface area contributed by atoms with Gasteiger partial charge in [0.05, 0.1) is 5.01 Å². The van der Waals surface area contributed by atoms with Gasteiger partial charge in [-0.05, 0) is 19.4 Å². The van der Waals surface area contributed by atoms with Gasteiger partial charge in [-0.25, -0.2) is 4.98 Å². The van der Waals surface area contributed by atoms with Crippen LogP contribution in [0.15, 0.2) is 35.7 Å². The largest absolute Gasteiger partial charge is 0.311 e. The topological polar surface area (TPSA) is 28.2 Å². The summed E-state index contributed by atoms with van der Waals surface area (Å²) < 4.78 is 0. The van der Waals surface area contributed by atoms with Crippen molar-refractivity contribution in [2.24, 2.45) is 0 Å². The zero-order valence-corrected chi connectivity index (χ0v) is 13.6. The maximum atomic E-state index is 4.59. The molecule has 21 heavy (non-hydrogen) atoms. The smallest absolute Gasteiger partial charge is 0.0940 e. The molecule has 3 rings (SSSR count). The summed E-state index contributed by atoms with van der Waals surface area (Å²) in [4.78, 5) is 7.19. The van der Waals surface area contributed by atoms with Crippen molar-refractivity contribution in [1.82, 2.24) is 15.2 Å². The molecule has 1 aliphatic rings. The van der Waals surface area contributed by atoms with Crippen molar-refractivity contribution in [2.75, 3.05) is 19.6 Å². The van der Waals surface area contributed by atoms with E-state index in [1.165, 1.54) is 10.6 Å². The van der Waals surface area contributed by atoms with E-state index in [1.54, 1.807) is 11.3 Å². The van der Waals surface area contributed by atoms with E-state index in [0.29, 0.717) is 12.1 Å². The van der Waals surface area contributed by atoms with Gasteiger partial charge in [0.25, 0.3) is 0 Å². The summed E-state index contributed by atoms with van der Waals surface area (Å²) in [6.45, 7) is 7.55. The molecule has 1 N–H and O–H groups in total. The average Bonchev–Trinajstić information content (AvgIpc) is 2.92. The Hall–Kier alpha value is -1.23. The van der Waals surface area contributed by atoms with E-state index < -0.39 is 0 Å². The van der Waals surface area contributed by atoms with Gasteiger partial charge in [0.1, 0.15) is 0 Å². The molecule has 1 aromatic heterocycles. The van der Waals surface area contributed by atoms with Gasteiger partial charge < -0.3 is 5.32 Å². The quantitative estimate of drug-likeness (QED) is 0.941. The Bertz CT molecular complexity index is 566. The van der Waals surface area contributed by atoms with E-state index in [2.05, 4.69) is 64.8 Å². The fourth-order valence-corrected chi connectivity index (χ4v) is 3.76.